The first-order valence-corrected chi connectivity index (χ1v) is 12.2. The molecule has 0 bridgehead atoms. The van der Waals surface area contributed by atoms with Crippen LogP contribution in [-0.2, 0) is 11.8 Å². The second kappa shape index (κ2) is 9.01. The summed E-state index contributed by atoms with van der Waals surface area (Å²) in [5, 5.41) is 3.44. The van der Waals surface area contributed by atoms with Crippen LogP contribution in [0.1, 0.15) is 16.7 Å². The van der Waals surface area contributed by atoms with E-state index in [9.17, 15) is 9.59 Å². The molecule has 0 radical (unpaired) electrons. The molecule has 164 valence electrons. The lowest BCUT2D eigenvalue weighted by Crippen LogP contribution is -2.21. The predicted octanol–water partition coefficient (Wildman–Crippen LogP) is 5.17. The molecule has 0 spiro atoms. The van der Waals surface area contributed by atoms with Crippen molar-refractivity contribution in [2.24, 2.45) is 7.05 Å². The van der Waals surface area contributed by atoms with Crippen molar-refractivity contribution in [3.63, 3.8) is 0 Å². The number of benzene rings is 2. The molecule has 0 fully saturated rings. The molecule has 32 heavy (non-hydrogen) atoms. The van der Waals surface area contributed by atoms with E-state index in [1.165, 1.54) is 27.7 Å². The minimum atomic E-state index is -0.170. The zero-order valence-electron chi connectivity index (χ0n) is 18.1. The number of carbonyl (C=O) groups excluding carboxylic acids is 1. The third-order valence-electron chi connectivity index (χ3n) is 5.21. The van der Waals surface area contributed by atoms with Crippen LogP contribution in [0.2, 0.25) is 0 Å². The highest BCUT2D eigenvalue weighted by molar-refractivity contribution is 7.99. The maximum Gasteiger partial charge on any atom is 0.273 e. The lowest BCUT2D eigenvalue weighted by Gasteiger charge is -2.12. The highest BCUT2D eigenvalue weighted by Gasteiger charge is 2.18. The van der Waals surface area contributed by atoms with Gasteiger partial charge < -0.3 is 5.32 Å². The van der Waals surface area contributed by atoms with Crippen molar-refractivity contribution in [1.82, 2.24) is 14.1 Å². The molecule has 0 atom stereocenters. The van der Waals surface area contributed by atoms with E-state index in [0.717, 1.165) is 28.1 Å². The molecule has 9 heteroatoms. The first-order valence-electron chi connectivity index (χ1n) is 9.95. The quantitative estimate of drug-likeness (QED) is 0.241. The van der Waals surface area contributed by atoms with Crippen LogP contribution in [-0.4, -0.2) is 25.8 Å². The summed E-state index contributed by atoms with van der Waals surface area (Å²) < 4.78 is 4.39. The number of thiazole rings is 1. The average Bonchev–Trinajstić information content (AvgIpc) is 3.08. The zero-order valence-corrected chi connectivity index (χ0v) is 20.6. The second-order valence-corrected chi connectivity index (χ2v) is 10.1. The number of anilines is 1. The van der Waals surface area contributed by atoms with Gasteiger partial charge in [0.1, 0.15) is 4.70 Å². The van der Waals surface area contributed by atoms with Crippen LogP contribution in [0.4, 0.5) is 5.69 Å². The number of fused-ring (bicyclic) bond motifs is 1. The number of hydrogen-bond donors (Lipinski definition) is 1. The van der Waals surface area contributed by atoms with E-state index in [0.29, 0.717) is 19.5 Å². The SMILES string of the molecule is Cc1ccccc1-n1c(=S)sc2c(=O)n(C)c(SCC(=O)Nc3c(C)cccc3C)nc21. The summed E-state index contributed by atoms with van der Waals surface area (Å²) >= 11 is 8.05. The molecule has 1 N–H and O–H groups in total. The number of rotatable bonds is 5. The number of aromatic nitrogens is 3. The Morgan fingerprint density at radius 2 is 1.75 bits per heavy atom. The fourth-order valence-corrected chi connectivity index (χ4v) is 5.58. The Balaban J connectivity index is 1.68. The predicted molar refractivity (Wildman–Crippen MR) is 135 cm³/mol. The van der Waals surface area contributed by atoms with Gasteiger partial charge in [-0.05, 0) is 55.7 Å². The average molecular weight is 483 g/mol. The highest BCUT2D eigenvalue weighted by Crippen LogP contribution is 2.27. The molecule has 0 aliphatic heterocycles. The Bertz CT molecular complexity index is 1450. The summed E-state index contributed by atoms with van der Waals surface area (Å²) in [4.78, 5) is 30.4. The van der Waals surface area contributed by atoms with Crippen molar-refractivity contribution >= 4 is 57.3 Å². The van der Waals surface area contributed by atoms with Crippen LogP contribution in [0.5, 0.6) is 0 Å². The lowest BCUT2D eigenvalue weighted by molar-refractivity contribution is -0.113. The molecule has 4 rings (SSSR count). The number of nitrogens with one attached hydrogen (secondary N) is 1. The van der Waals surface area contributed by atoms with Crippen molar-refractivity contribution in [3.8, 4) is 5.69 Å². The molecule has 4 aromatic rings. The minimum absolute atomic E-state index is 0.134. The third kappa shape index (κ3) is 4.15. The van der Waals surface area contributed by atoms with Crippen molar-refractivity contribution in [2.75, 3.05) is 11.1 Å². The molecule has 2 aromatic heterocycles. The van der Waals surface area contributed by atoms with Gasteiger partial charge in [0.2, 0.25) is 5.91 Å². The number of para-hydroxylation sites is 2. The molecule has 2 aromatic carbocycles. The molecule has 6 nitrogen and oxygen atoms in total. The van der Waals surface area contributed by atoms with E-state index in [4.69, 9.17) is 17.2 Å². The van der Waals surface area contributed by atoms with Crippen LogP contribution in [0.15, 0.2) is 52.4 Å². The fourth-order valence-electron chi connectivity index (χ4n) is 3.48. The summed E-state index contributed by atoms with van der Waals surface area (Å²) in [6.07, 6.45) is 0. The third-order valence-corrected chi connectivity index (χ3v) is 7.59. The number of aryl methyl sites for hydroxylation is 3. The van der Waals surface area contributed by atoms with E-state index in [2.05, 4.69) is 5.32 Å². The van der Waals surface area contributed by atoms with E-state index in [1.54, 1.807) is 7.05 Å². The zero-order chi connectivity index (χ0) is 23.0. The normalized spacial score (nSPS) is 11.1. The van der Waals surface area contributed by atoms with Crippen LogP contribution in [0, 0.1) is 24.7 Å². The van der Waals surface area contributed by atoms with Gasteiger partial charge in [-0.3, -0.25) is 18.7 Å². The van der Waals surface area contributed by atoms with Gasteiger partial charge in [0, 0.05) is 12.7 Å². The second-order valence-electron chi connectivity index (χ2n) is 7.50. The van der Waals surface area contributed by atoms with Crippen LogP contribution >= 0.6 is 35.3 Å². The molecule has 0 aliphatic carbocycles. The largest absolute Gasteiger partial charge is 0.325 e. The van der Waals surface area contributed by atoms with Gasteiger partial charge in [-0.2, -0.15) is 0 Å². The number of amides is 1. The Labute approximate surface area is 198 Å². The minimum Gasteiger partial charge on any atom is -0.325 e. The van der Waals surface area contributed by atoms with Crippen LogP contribution < -0.4 is 10.9 Å². The summed E-state index contributed by atoms with van der Waals surface area (Å²) in [7, 11) is 1.67. The Hall–Kier alpha value is -2.75. The van der Waals surface area contributed by atoms with Crippen molar-refractivity contribution in [2.45, 2.75) is 25.9 Å². The first-order chi connectivity index (χ1) is 15.3. The molecule has 0 unspecified atom stereocenters. The van der Waals surface area contributed by atoms with Gasteiger partial charge in [-0.1, -0.05) is 59.5 Å². The summed E-state index contributed by atoms with van der Waals surface area (Å²) in [5.41, 5.74) is 5.12. The van der Waals surface area contributed by atoms with Crippen molar-refractivity contribution < 1.29 is 4.79 Å². The van der Waals surface area contributed by atoms with Gasteiger partial charge in [-0.25, -0.2) is 4.98 Å². The fraction of sp³-hybridized carbons (Fsp3) is 0.217. The van der Waals surface area contributed by atoms with E-state index >= 15 is 0 Å². The van der Waals surface area contributed by atoms with Gasteiger partial charge in [0.25, 0.3) is 5.56 Å². The first kappa shape index (κ1) is 22.4. The van der Waals surface area contributed by atoms with E-state index in [-0.39, 0.29) is 17.2 Å². The molecule has 2 heterocycles. The van der Waals surface area contributed by atoms with E-state index in [1.807, 2.05) is 67.8 Å². The maximum absolute atomic E-state index is 13.0. The maximum atomic E-state index is 13.0. The van der Waals surface area contributed by atoms with Crippen LogP contribution in [0.25, 0.3) is 16.0 Å². The molecule has 0 saturated carbocycles. The molecular formula is C23H22N4O2S3. The molecule has 0 saturated heterocycles. The summed E-state index contributed by atoms with van der Waals surface area (Å²) in [5.74, 6) is -0.0165. The summed E-state index contributed by atoms with van der Waals surface area (Å²) in [6, 6.07) is 13.7. The smallest absolute Gasteiger partial charge is 0.273 e. The topological polar surface area (TPSA) is 68.9 Å². The van der Waals surface area contributed by atoms with Gasteiger partial charge in [0.05, 0.1) is 11.4 Å². The van der Waals surface area contributed by atoms with Crippen molar-refractivity contribution in [3.05, 3.63) is 73.5 Å². The monoisotopic (exact) mass is 482 g/mol. The van der Waals surface area contributed by atoms with Gasteiger partial charge in [-0.15, -0.1) is 0 Å². The Kier molecular flexibility index (Phi) is 6.32. The number of hydrogen-bond acceptors (Lipinski definition) is 6. The summed E-state index contributed by atoms with van der Waals surface area (Å²) in [6.45, 7) is 5.92. The molecular weight excluding hydrogens is 460 g/mol. The standard InChI is InChI=1S/C23H22N4O2S3/c1-13-8-5-6-11-16(13)27-20-19(32-23(27)30)21(29)26(4)22(25-20)31-12-17(28)24-18-14(2)9-7-10-15(18)3/h5-11H,12H2,1-4H3,(H,24,28). The molecule has 0 aliphatic rings. The van der Waals surface area contributed by atoms with Gasteiger partial charge in [0.15, 0.2) is 14.8 Å². The lowest BCUT2D eigenvalue weighted by atomic mass is 10.1. The number of carbonyl (C=O) groups is 1. The highest BCUT2D eigenvalue weighted by atomic mass is 32.2. The van der Waals surface area contributed by atoms with E-state index < -0.39 is 0 Å². The van der Waals surface area contributed by atoms with Crippen LogP contribution in [0.3, 0.4) is 0 Å². The number of thioether (sulfide) groups is 1. The Morgan fingerprint density at radius 3 is 2.44 bits per heavy atom. The molecule has 1 amide bonds. The Morgan fingerprint density at radius 1 is 1.09 bits per heavy atom. The van der Waals surface area contributed by atoms with Gasteiger partial charge >= 0.3 is 0 Å². The number of nitrogens with zero attached hydrogens (tertiary/aromatic N) is 3. The van der Waals surface area contributed by atoms with Crippen molar-refractivity contribution in [1.29, 1.82) is 0 Å².